The molecule has 0 aliphatic carbocycles. The lowest BCUT2D eigenvalue weighted by atomic mass is 9.94. The number of aromatic nitrogens is 1. The largest absolute Gasteiger partial charge is 0.311 e. The van der Waals surface area contributed by atoms with E-state index >= 15 is 0 Å². The van der Waals surface area contributed by atoms with Crippen molar-refractivity contribution in [1.29, 1.82) is 0 Å². The number of anilines is 3. The molecule has 0 spiro atoms. The molecule has 1 aromatic heterocycles. The smallest absolute Gasteiger partial charge is 0.0619 e. The summed E-state index contributed by atoms with van der Waals surface area (Å²) in [4.78, 5) is 2.33. The summed E-state index contributed by atoms with van der Waals surface area (Å²) in [6.07, 6.45) is 0. The Bertz CT molecular complexity index is 2890. The number of hydrogen-bond acceptors (Lipinski definition) is 1. The van der Waals surface area contributed by atoms with E-state index in [1.54, 1.807) is 0 Å². The first-order valence-corrected chi connectivity index (χ1v) is 18.5. The van der Waals surface area contributed by atoms with E-state index in [-0.39, 0.29) is 0 Å². The van der Waals surface area contributed by atoms with Crippen molar-refractivity contribution in [1.82, 2.24) is 4.57 Å². The van der Waals surface area contributed by atoms with Gasteiger partial charge in [-0.15, -0.1) is 0 Å². The maximum atomic E-state index is 2.42. The normalized spacial score (nSPS) is 11.3. The third kappa shape index (κ3) is 5.53. The predicted molar refractivity (Wildman–Crippen MR) is 229 cm³/mol. The Kier molecular flexibility index (Phi) is 7.85. The zero-order valence-electron chi connectivity index (χ0n) is 29.7. The van der Waals surface area contributed by atoms with Crippen molar-refractivity contribution >= 4 is 49.6 Å². The van der Waals surface area contributed by atoms with E-state index in [2.05, 4.69) is 228 Å². The zero-order valence-corrected chi connectivity index (χ0v) is 29.7. The topological polar surface area (TPSA) is 8.17 Å². The van der Waals surface area contributed by atoms with Crippen molar-refractivity contribution in [2.45, 2.75) is 0 Å². The highest BCUT2D eigenvalue weighted by Gasteiger charge is 2.16. The van der Waals surface area contributed by atoms with Crippen LogP contribution in [0.15, 0.2) is 218 Å². The highest BCUT2D eigenvalue weighted by Crippen LogP contribution is 2.40. The second kappa shape index (κ2) is 13.4. The van der Waals surface area contributed by atoms with Crippen LogP contribution in [0.2, 0.25) is 0 Å². The van der Waals surface area contributed by atoms with Gasteiger partial charge in [0, 0.05) is 38.9 Å². The molecule has 0 aliphatic rings. The number of fused-ring (bicyclic) bond motifs is 5. The van der Waals surface area contributed by atoms with E-state index in [9.17, 15) is 0 Å². The van der Waals surface area contributed by atoms with Crippen LogP contribution in [0.3, 0.4) is 0 Å². The monoisotopic (exact) mass is 688 g/mol. The Morgan fingerprint density at radius 1 is 0.296 bits per heavy atom. The fraction of sp³-hybridized carbons (Fsp3) is 0. The highest BCUT2D eigenvalue weighted by atomic mass is 15.1. The van der Waals surface area contributed by atoms with E-state index in [1.807, 2.05) is 0 Å². The fourth-order valence-electron chi connectivity index (χ4n) is 8.02. The van der Waals surface area contributed by atoms with E-state index < -0.39 is 0 Å². The molecule has 254 valence electrons. The van der Waals surface area contributed by atoms with Gasteiger partial charge in [-0.1, -0.05) is 164 Å². The SMILES string of the molecule is c1ccc(-c2ccccc2-c2ccc(N(c3ccccc3)c3ccc(-c4ccc(-n5c6ccccc6c6ccc7ccccc7c65)cc4)cc3)cc2)cc1. The summed E-state index contributed by atoms with van der Waals surface area (Å²) >= 11 is 0. The van der Waals surface area contributed by atoms with Crippen LogP contribution in [0, 0.1) is 0 Å². The summed E-state index contributed by atoms with van der Waals surface area (Å²) in [5.41, 5.74) is 14.2. The number of hydrogen-bond donors (Lipinski definition) is 0. The Balaban J connectivity index is 0.987. The van der Waals surface area contributed by atoms with Crippen LogP contribution in [0.4, 0.5) is 17.1 Å². The van der Waals surface area contributed by atoms with Gasteiger partial charge in [0.2, 0.25) is 0 Å². The number of nitrogens with zero attached hydrogens (tertiary/aromatic N) is 2. The number of rotatable bonds is 7. The second-order valence-corrected chi connectivity index (χ2v) is 13.8. The summed E-state index contributed by atoms with van der Waals surface area (Å²) in [5, 5.41) is 5.06. The third-order valence-electron chi connectivity index (χ3n) is 10.6. The van der Waals surface area contributed by atoms with Gasteiger partial charge >= 0.3 is 0 Å². The third-order valence-corrected chi connectivity index (χ3v) is 10.6. The molecule has 0 saturated carbocycles. The molecule has 0 bridgehead atoms. The van der Waals surface area contributed by atoms with Gasteiger partial charge < -0.3 is 9.47 Å². The molecular weight excluding hydrogens is 653 g/mol. The first-order valence-electron chi connectivity index (χ1n) is 18.5. The molecule has 2 nitrogen and oxygen atoms in total. The maximum absolute atomic E-state index is 2.42. The minimum Gasteiger partial charge on any atom is -0.311 e. The molecule has 10 rings (SSSR count). The maximum Gasteiger partial charge on any atom is 0.0619 e. The summed E-state index contributed by atoms with van der Waals surface area (Å²) in [7, 11) is 0. The van der Waals surface area contributed by atoms with Crippen LogP contribution in [-0.4, -0.2) is 4.57 Å². The lowest BCUT2D eigenvalue weighted by Gasteiger charge is -2.26. The van der Waals surface area contributed by atoms with Gasteiger partial charge in [0.15, 0.2) is 0 Å². The van der Waals surface area contributed by atoms with Gasteiger partial charge in [-0.25, -0.2) is 0 Å². The van der Waals surface area contributed by atoms with Crippen LogP contribution >= 0.6 is 0 Å². The Morgan fingerprint density at radius 2 is 0.778 bits per heavy atom. The number of para-hydroxylation sites is 2. The lowest BCUT2D eigenvalue weighted by molar-refractivity contribution is 1.19. The van der Waals surface area contributed by atoms with Crippen LogP contribution < -0.4 is 4.90 Å². The first kappa shape index (κ1) is 31.6. The molecule has 9 aromatic carbocycles. The summed E-state index contributed by atoms with van der Waals surface area (Å²) < 4.78 is 2.42. The van der Waals surface area contributed by atoms with Crippen molar-refractivity contribution < 1.29 is 0 Å². The van der Waals surface area contributed by atoms with Gasteiger partial charge in [-0.3, -0.25) is 0 Å². The first-order chi connectivity index (χ1) is 26.8. The van der Waals surface area contributed by atoms with Crippen molar-refractivity contribution in [3.8, 4) is 39.1 Å². The van der Waals surface area contributed by atoms with E-state index in [0.717, 1.165) is 22.7 Å². The molecule has 0 amide bonds. The standard InChI is InChI=1S/C52H36N2/c1-3-13-39(14-4-1)46-18-9-10-19-47(46)41-27-34-44(35-28-41)53(42-16-5-2-6-17-42)43-30-23-37(24-31-43)38-25-32-45(33-26-38)54-51-22-12-11-21-49(51)50-36-29-40-15-7-8-20-48(40)52(50)54/h1-36H. The Labute approximate surface area is 315 Å². The summed E-state index contributed by atoms with van der Waals surface area (Å²) in [5.74, 6) is 0. The van der Waals surface area contributed by atoms with Crippen LogP contribution in [-0.2, 0) is 0 Å². The van der Waals surface area contributed by atoms with E-state index in [1.165, 1.54) is 66.0 Å². The molecule has 0 atom stereocenters. The molecule has 0 radical (unpaired) electrons. The average molecular weight is 689 g/mol. The van der Waals surface area contributed by atoms with Crippen molar-refractivity contribution in [2.24, 2.45) is 0 Å². The molecule has 1 heterocycles. The molecule has 2 heteroatoms. The molecular formula is C52H36N2. The van der Waals surface area contributed by atoms with E-state index in [0.29, 0.717) is 0 Å². The fourth-order valence-corrected chi connectivity index (χ4v) is 8.02. The molecule has 54 heavy (non-hydrogen) atoms. The molecule has 0 saturated heterocycles. The van der Waals surface area contributed by atoms with Gasteiger partial charge in [-0.05, 0) is 93.4 Å². The molecule has 10 aromatic rings. The summed E-state index contributed by atoms with van der Waals surface area (Å²) in [6, 6.07) is 78.7. The predicted octanol–water partition coefficient (Wildman–Crippen LogP) is 14.4. The molecule has 0 fully saturated rings. The zero-order chi connectivity index (χ0) is 35.8. The van der Waals surface area contributed by atoms with Gasteiger partial charge in [0.1, 0.15) is 0 Å². The van der Waals surface area contributed by atoms with Crippen LogP contribution in [0.25, 0.3) is 71.6 Å². The molecule has 0 aliphatic heterocycles. The summed E-state index contributed by atoms with van der Waals surface area (Å²) in [6.45, 7) is 0. The Morgan fingerprint density at radius 3 is 1.44 bits per heavy atom. The quantitative estimate of drug-likeness (QED) is 0.162. The van der Waals surface area contributed by atoms with Crippen LogP contribution in [0.5, 0.6) is 0 Å². The van der Waals surface area contributed by atoms with Gasteiger partial charge in [0.25, 0.3) is 0 Å². The van der Waals surface area contributed by atoms with Gasteiger partial charge in [-0.2, -0.15) is 0 Å². The second-order valence-electron chi connectivity index (χ2n) is 13.8. The average Bonchev–Trinajstić information content (AvgIpc) is 3.60. The molecule has 0 N–H and O–H groups in total. The lowest BCUT2D eigenvalue weighted by Crippen LogP contribution is -2.09. The van der Waals surface area contributed by atoms with E-state index in [4.69, 9.17) is 0 Å². The minimum absolute atomic E-state index is 1.11. The minimum atomic E-state index is 1.11. The molecule has 0 unspecified atom stereocenters. The number of benzene rings is 9. The van der Waals surface area contributed by atoms with Crippen molar-refractivity contribution in [3.05, 3.63) is 218 Å². The van der Waals surface area contributed by atoms with Gasteiger partial charge in [0.05, 0.1) is 11.0 Å². The van der Waals surface area contributed by atoms with Crippen LogP contribution in [0.1, 0.15) is 0 Å². The van der Waals surface area contributed by atoms with Crippen molar-refractivity contribution in [3.63, 3.8) is 0 Å². The Hall–Kier alpha value is -7.16. The van der Waals surface area contributed by atoms with Crippen molar-refractivity contribution in [2.75, 3.05) is 4.90 Å². The highest BCUT2D eigenvalue weighted by molar-refractivity contribution is 6.18.